The summed E-state index contributed by atoms with van der Waals surface area (Å²) in [4.78, 5) is 4.35. The van der Waals surface area contributed by atoms with Crippen molar-refractivity contribution >= 4 is 5.71 Å². The van der Waals surface area contributed by atoms with Crippen LogP contribution in [0.2, 0.25) is 0 Å². The second kappa shape index (κ2) is 6.31. The molecule has 16 heavy (non-hydrogen) atoms. The van der Waals surface area contributed by atoms with Crippen molar-refractivity contribution in [2.75, 3.05) is 13.6 Å². The highest BCUT2D eigenvalue weighted by Crippen LogP contribution is 2.17. The topological polar surface area (TPSA) is 24.4 Å². The molecule has 1 rings (SSSR count). The number of allylic oxidation sites excluding steroid dienone is 6. The van der Waals surface area contributed by atoms with Gasteiger partial charge in [-0.3, -0.25) is 4.99 Å². The third kappa shape index (κ3) is 3.69. The average Bonchev–Trinajstić information content (AvgIpc) is 2.26. The molecule has 88 valence electrons. The van der Waals surface area contributed by atoms with Gasteiger partial charge in [-0.15, -0.1) is 0 Å². The smallest absolute Gasteiger partial charge is 0.0657 e. The van der Waals surface area contributed by atoms with Gasteiger partial charge in [-0.05, 0) is 37.8 Å². The van der Waals surface area contributed by atoms with Crippen molar-refractivity contribution in [2.24, 2.45) is 10.9 Å². The Morgan fingerprint density at radius 3 is 2.94 bits per heavy atom. The lowest BCUT2D eigenvalue weighted by atomic mass is 9.95. The predicted octanol–water partition coefficient (Wildman–Crippen LogP) is 3.09. The van der Waals surface area contributed by atoms with Gasteiger partial charge in [0.05, 0.1) is 5.71 Å². The van der Waals surface area contributed by atoms with Crippen molar-refractivity contribution in [2.45, 2.75) is 27.2 Å². The van der Waals surface area contributed by atoms with E-state index in [2.05, 4.69) is 55.4 Å². The van der Waals surface area contributed by atoms with Gasteiger partial charge < -0.3 is 5.32 Å². The highest BCUT2D eigenvalue weighted by atomic mass is 14.9. The minimum Gasteiger partial charge on any atom is -0.389 e. The molecule has 0 saturated carbocycles. The second-order valence-electron chi connectivity index (χ2n) is 4.20. The largest absolute Gasteiger partial charge is 0.389 e. The number of nitrogens with one attached hydrogen (secondary N) is 1. The monoisotopic (exact) mass is 218 g/mol. The summed E-state index contributed by atoms with van der Waals surface area (Å²) >= 11 is 0. The summed E-state index contributed by atoms with van der Waals surface area (Å²) in [5, 5.41) is 3.29. The average molecular weight is 218 g/mol. The molecular weight excluding hydrogens is 196 g/mol. The SMILES string of the molecule is CCN/C(C)=C\C(=NC)C1=CC(C)CC=C1. The van der Waals surface area contributed by atoms with E-state index >= 15 is 0 Å². The third-order valence-corrected chi connectivity index (χ3v) is 2.61. The molecule has 1 atom stereocenters. The predicted molar refractivity (Wildman–Crippen MR) is 71.8 cm³/mol. The van der Waals surface area contributed by atoms with Gasteiger partial charge in [0.25, 0.3) is 0 Å². The Morgan fingerprint density at radius 1 is 1.62 bits per heavy atom. The summed E-state index contributed by atoms with van der Waals surface area (Å²) in [6, 6.07) is 0. The van der Waals surface area contributed by atoms with E-state index in [1.807, 2.05) is 7.05 Å². The molecule has 2 nitrogen and oxygen atoms in total. The summed E-state index contributed by atoms with van der Waals surface area (Å²) in [5.74, 6) is 0.615. The van der Waals surface area contributed by atoms with Crippen LogP contribution in [0.15, 0.2) is 40.6 Å². The van der Waals surface area contributed by atoms with Crippen LogP contribution in [0.5, 0.6) is 0 Å². The lowest BCUT2D eigenvalue weighted by Gasteiger charge is -2.13. The molecule has 0 aliphatic heterocycles. The van der Waals surface area contributed by atoms with E-state index in [-0.39, 0.29) is 0 Å². The van der Waals surface area contributed by atoms with Crippen LogP contribution in [0.4, 0.5) is 0 Å². The van der Waals surface area contributed by atoms with E-state index < -0.39 is 0 Å². The molecule has 0 spiro atoms. The van der Waals surface area contributed by atoms with Gasteiger partial charge in [0.15, 0.2) is 0 Å². The maximum Gasteiger partial charge on any atom is 0.0657 e. The molecule has 0 bridgehead atoms. The first-order valence-electron chi connectivity index (χ1n) is 5.95. The van der Waals surface area contributed by atoms with Crippen molar-refractivity contribution in [3.05, 3.63) is 35.6 Å². The van der Waals surface area contributed by atoms with Gasteiger partial charge in [0.1, 0.15) is 0 Å². The first-order chi connectivity index (χ1) is 7.67. The van der Waals surface area contributed by atoms with Crippen molar-refractivity contribution in [1.29, 1.82) is 0 Å². The zero-order valence-corrected chi connectivity index (χ0v) is 10.7. The van der Waals surface area contributed by atoms with Gasteiger partial charge in [-0.1, -0.05) is 25.2 Å². The van der Waals surface area contributed by atoms with Gasteiger partial charge in [-0.25, -0.2) is 0 Å². The molecule has 1 aliphatic carbocycles. The lowest BCUT2D eigenvalue weighted by molar-refractivity contribution is 0.733. The first-order valence-corrected chi connectivity index (χ1v) is 5.95. The van der Waals surface area contributed by atoms with Crippen LogP contribution in [0.25, 0.3) is 0 Å². The molecule has 0 fully saturated rings. The molecule has 0 aromatic carbocycles. The van der Waals surface area contributed by atoms with Crippen LogP contribution in [0.3, 0.4) is 0 Å². The zero-order valence-electron chi connectivity index (χ0n) is 10.7. The highest BCUT2D eigenvalue weighted by molar-refractivity contribution is 6.10. The molecule has 1 unspecified atom stereocenters. The van der Waals surface area contributed by atoms with Crippen LogP contribution in [0.1, 0.15) is 27.2 Å². The summed E-state index contributed by atoms with van der Waals surface area (Å²) in [6.07, 6.45) is 9.92. The molecule has 0 saturated heterocycles. The molecule has 1 aliphatic rings. The van der Waals surface area contributed by atoms with Crippen LogP contribution in [-0.2, 0) is 0 Å². The number of aliphatic imine (C=N–C) groups is 1. The first kappa shape index (κ1) is 12.8. The Balaban J connectivity index is 2.84. The fourth-order valence-corrected chi connectivity index (χ4v) is 1.82. The van der Waals surface area contributed by atoms with E-state index in [1.54, 1.807) is 0 Å². The number of rotatable bonds is 4. The second-order valence-corrected chi connectivity index (χ2v) is 4.20. The summed E-state index contributed by atoms with van der Waals surface area (Å²) < 4.78 is 0. The summed E-state index contributed by atoms with van der Waals surface area (Å²) in [7, 11) is 1.85. The Kier molecular flexibility index (Phi) is 5.03. The van der Waals surface area contributed by atoms with Gasteiger partial charge >= 0.3 is 0 Å². The highest BCUT2D eigenvalue weighted by Gasteiger charge is 2.07. The Morgan fingerprint density at radius 2 is 2.38 bits per heavy atom. The number of hydrogen-bond acceptors (Lipinski definition) is 2. The van der Waals surface area contributed by atoms with Crippen molar-refractivity contribution < 1.29 is 0 Å². The van der Waals surface area contributed by atoms with Crippen LogP contribution in [0, 0.1) is 5.92 Å². The van der Waals surface area contributed by atoms with Crippen molar-refractivity contribution in [3.8, 4) is 0 Å². The summed E-state index contributed by atoms with van der Waals surface area (Å²) in [6.45, 7) is 7.36. The van der Waals surface area contributed by atoms with Gasteiger partial charge in [-0.2, -0.15) is 0 Å². The zero-order chi connectivity index (χ0) is 12.0. The van der Waals surface area contributed by atoms with Crippen molar-refractivity contribution in [1.82, 2.24) is 5.32 Å². The number of hydrogen-bond donors (Lipinski definition) is 1. The van der Waals surface area contributed by atoms with E-state index in [4.69, 9.17) is 0 Å². The summed E-state index contributed by atoms with van der Waals surface area (Å²) in [5.41, 5.74) is 3.45. The van der Waals surface area contributed by atoms with Crippen LogP contribution < -0.4 is 5.32 Å². The number of nitrogens with zero attached hydrogens (tertiary/aromatic N) is 1. The standard InChI is InChI=1S/C14H22N2/c1-5-16-12(3)10-14(15-4)13-8-6-7-11(2)9-13/h6,8-11,16H,5,7H2,1-4H3/b12-10-,15-14?. The van der Waals surface area contributed by atoms with Crippen molar-refractivity contribution in [3.63, 3.8) is 0 Å². The van der Waals surface area contributed by atoms with E-state index in [0.717, 1.165) is 24.4 Å². The van der Waals surface area contributed by atoms with Crippen LogP contribution in [-0.4, -0.2) is 19.3 Å². The Labute approximate surface area is 98.9 Å². The van der Waals surface area contributed by atoms with E-state index in [1.165, 1.54) is 5.57 Å². The fourth-order valence-electron chi connectivity index (χ4n) is 1.82. The molecule has 0 heterocycles. The molecule has 1 N–H and O–H groups in total. The minimum absolute atomic E-state index is 0.615. The molecule has 0 radical (unpaired) electrons. The van der Waals surface area contributed by atoms with Gasteiger partial charge in [0.2, 0.25) is 0 Å². The lowest BCUT2D eigenvalue weighted by Crippen LogP contribution is -2.12. The maximum absolute atomic E-state index is 4.35. The quantitative estimate of drug-likeness (QED) is 0.720. The fraction of sp³-hybridized carbons (Fsp3) is 0.500. The van der Waals surface area contributed by atoms with E-state index in [9.17, 15) is 0 Å². The minimum atomic E-state index is 0.615. The Hall–Kier alpha value is -1.31. The molecule has 0 aromatic heterocycles. The van der Waals surface area contributed by atoms with Crippen LogP contribution >= 0.6 is 0 Å². The molecule has 0 aromatic rings. The Bertz CT molecular complexity index is 346. The molecule has 0 amide bonds. The molecule has 2 heteroatoms. The normalized spacial score (nSPS) is 22.0. The molecular formula is C14H22N2. The van der Waals surface area contributed by atoms with Gasteiger partial charge in [0, 0.05) is 19.3 Å². The third-order valence-electron chi connectivity index (χ3n) is 2.61. The maximum atomic E-state index is 4.35. The van der Waals surface area contributed by atoms with E-state index in [0.29, 0.717) is 5.92 Å².